The molecule has 0 saturated heterocycles. The van der Waals surface area contributed by atoms with Gasteiger partial charge in [-0.1, -0.05) is 19.9 Å². The average molecular weight is 412 g/mol. The summed E-state index contributed by atoms with van der Waals surface area (Å²) in [5, 5.41) is 0.973. The van der Waals surface area contributed by atoms with E-state index in [1.807, 2.05) is 25.1 Å². The summed E-state index contributed by atoms with van der Waals surface area (Å²) in [5.74, 6) is 2.90. The molecule has 5 nitrogen and oxygen atoms in total. The molecule has 0 bridgehead atoms. The van der Waals surface area contributed by atoms with Gasteiger partial charge in [-0.05, 0) is 50.8 Å². The van der Waals surface area contributed by atoms with Crippen LogP contribution >= 0.6 is 8.58 Å². The Hall–Kier alpha value is -1.66. The van der Waals surface area contributed by atoms with E-state index >= 15 is 0 Å². The maximum atomic E-state index is 13.0. The molecule has 0 spiro atoms. The molecule has 0 saturated carbocycles. The number of hydrogen-bond donors (Lipinski definition) is 0. The van der Waals surface area contributed by atoms with Crippen molar-refractivity contribution in [3.63, 3.8) is 0 Å². The van der Waals surface area contributed by atoms with Crippen molar-refractivity contribution in [1.82, 2.24) is 0 Å². The third-order valence-electron chi connectivity index (χ3n) is 4.35. The van der Waals surface area contributed by atoms with Crippen molar-refractivity contribution in [1.29, 1.82) is 0 Å². The van der Waals surface area contributed by atoms with Gasteiger partial charge in [-0.2, -0.15) is 0 Å². The quantitative estimate of drug-likeness (QED) is 0.439. The van der Waals surface area contributed by atoms with Gasteiger partial charge >= 0.3 is 18.9 Å². The van der Waals surface area contributed by atoms with E-state index < -0.39 is 0 Å². The summed E-state index contributed by atoms with van der Waals surface area (Å²) in [5.41, 5.74) is 1.41. The van der Waals surface area contributed by atoms with Gasteiger partial charge in [-0.3, -0.25) is 4.79 Å². The van der Waals surface area contributed by atoms with Crippen molar-refractivity contribution in [3.8, 4) is 23.0 Å². The minimum atomic E-state index is -0.0498. The van der Waals surface area contributed by atoms with Crippen LogP contribution in [-0.2, 0) is 0 Å². The molecule has 0 fully saturated rings. The van der Waals surface area contributed by atoms with E-state index in [1.54, 1.807) is 19.2 Å². The molecule has 2 aromatic carbocycles. The van der Waals surface area contributed by atoms with Gasteiger partial charge in [0.1, 0.15) is 28.6 Å². The molecule has 0 heterocycles. The van der Waals surface area contributed by atoms with Crippen LogP contribution in [0.2, 0.25) is 0 Å². The van der Waals surface area contributed by atoms with Crippen LogP contribution in [0.4, 0.5) is 0 Å². The Morgan fingerprint density at radius 1 is 1.00 bits per heavy atom. The van der Waals surface area contributed by atoms with Crippen LogP contribution < -0.4 is 43.1 Å². The minimum Gasteiger partial charge on any atom is -1.00 e. The van der Waals surface area contributed by atoms with Crippen LogP contribution in [0.15, 0.2) is 30.3 Å². The predicted molar refractivity (Wildman–Crippen MR) is 116 cm³/mol. The third-order valence-corrected chi connectivity index (χ3v) is 5.66. The summed E-state index contributed by atoms with van der Waals surface area (Å²) in [6.45, 7) is 7.03. The van der Waals surface area contributed by atoms with Crippen LogP contribution in [0, 0.1) is 12.8 Å². The summed E-state index contributed by atoms with van der Waals surface area (Å²) in [6, 6.07) is 9.25. The number of hydrogen-bond acceptors (Lipinski definition) is 5. The molecule has 29 heavy (non-hydrogen) atoms. The number of methoxy groups -OCH3 is 3. The molecule has 7 heteroatoms. The first kappa shape index (κ1) is 25.4. The largest absolute Gasteiger partial charge is 1.00 e. The molecule has 154 valence electrons. The number of carbonyl (C=O) groups excluding carboxylic acids is 1. The summed E-state index contributed by atoms with van der Waals surface area (Å²) in [6.07, 6.45) is 1.01. The van der Waals surface area contributed by atoms with Crippen molar-refractivity contribution in [2.45, 2.75) is 27.2 Å². The van der Waals surface area contributed by atoms with Crippen LogP contribution in [0.5, 0.6) is 23.0 Å². The summed E-state index contributed by atoms with van der Waals surface area (Å²) >= 11 is 0. The molecular formula is C22H30LiO5P. The van der Waals surface area contributed by atoms with Crippen molar-refractivity contribution in [2.24, 2.45) is 5.92 Å². The predicted octanol–water partition coefficient (Wildman–Crippen LogP) is 1.71. The van der Waals surface area contributed by atoms with Gasteiger partial charge in [0, 0.05) is 12.1 Å². The van der Waals surface area contributed by atoms with E-state index in [0.717, 1.165) is 23.0 Å². The van der Waals surface area contributed by atoms with Crippen LogP contribution in [0.25, 0.3) is 0 Å². The van der Waals surface area contributed by atoms with Crippen molar-refractivity contribution >= 4 is 19.4 Å². The van der Waals surface area contributed by atoms with E-state index in [2.05, 4.69) is 13.8 Å². The molecule has 0 aliphatic carbocycles. The third kappa shape index (κ3) is 6.96. The standard InChI is InChI=1S/C22H29O5P.Li.H/c1-14(2)9-10-27-16-7-8-20(15(3)11-16)28-22(23)21-18(25-5)12-17(24-4)13-19(21)26-6;;/h7-8,11-14,28H,9-10H2,1-6H3;;/q;+1;-1. The Kier molecular flexibility index (Phi) is 10.6. The smallest absolute Gasteiger partial charge is 1.00 e. The fourth-order valence-corrected chi connectivity index (χ4v) is 3.74. The molecule has 0 radical (unpaired) electrons. The van der Waals surface area contributed by atoms with Gasteiger partial charge in [0.15, 0.2) is 5.52 Å². The topological polar surface area (TPSA) is 54.0 Å². The number of aryl methyl sites for hydroxylation is 1. The SMILES string of the molecule is COc1cc(OC)c(C(=O)Pc2ccc(OCCC(C)C)cc2C)c(OC)c1.[H-].[Li+]. The zero-order chi connectivity index (χ0) is 20.7. The van der Waals surface area contributed by atoms with E-state index in [4.69, 9.17) is 18.9 Å². The zero-order valence-corrected chi connectivity index (χ0v) is 19.4. The molecule has 1 atom stereocenters. The van der Waals surface area contributed by atoms with Gasteiger partial charge in [0.05, 0.1) is 27.9 Å². The Balaban J connectivity index is 0.00000420. The Morgan fingerprint density at radius 2 is 1.62 bits per heavy atom. The van der Waals surface area contributed by atoms with Crippen LogP contribution in [0.1, 0.15) is 37.6 Å². The number of carbonyl (C=O) groups is 1. The number of rotatable bonds is 10. The summed E-state index contributed by atoms with van der Waals surface area (Å²) in [4.78, 5) is 13.0. The minimum absolute atomic E-state index is 0. The van der Waals surface area contributed by atoms with Crippen LogP contribution in [0.3, 0.4) is 0 Å². The summed E-state index contributed by atoms with van der Waals surface area (Å²) in [7, 11) is 4.57. The van der Waals surface area contributed by atoms with Gasteiger partial charge in [0.25, 0.3) is 0 Å². The fraction of sp³-hybridized carbons (Fsp3) is 0.409. The second-order valence-corrected chi connectivity index (χ2v) is 8.11. The Bertz CT molecular complexity index is 804. The zero-order valence-electron chi connectivity index (χ0n) is 19.4. The molecule has 0 aliphatic rings. The van der Waals surface area contributed by atoms with Gasteiger partial charge < -0.3 is 20.4 Å². The molecule has 0 amide bonds. The Labute approximate surface area is 188 Å². The van der Waals surface area contributed by atoms with Crippen molar-refractivity contribution in [2.75, 3.05) is 27.9 Å². The van der Waals surface area contributed by atoms with Crippen LogP contribution in [-0.4, -0.2) is 33.5 Å². The molecule has 2 aromatic rings. The molecular weight excluding hydrogens is 382 g/mol. The van der Waals surface area contributed by atoms with Crippen molar-refractivity contribution < 1.29 is 44.0 Å². The second-order valence-electron chi connectivity index (χ2n) is 6.87. The first-order chi connectivity index (χ1) is 13.4. The van der Waals surface area contributed by atoms with Gasteiger partial charge in [-0.25, -0.2) is 0 Å². The monoisotopic (exact) mass is 412 g/mol. The maximum Gasteiger partial charge on any atom is 1.00 e. The van der Waals surface area contributed by atoms with E-state index in [-0.39, 0.29) is 34.4 Å². The van der Waals surface area contributed by atoms with Crippen molar-refractivity contribution in [3.05, 3.63) is 41.5 Å². The first-order valence-corrected chi connectivity index (χ1v) is 10.2. The van der Waals surface area contributed by atoms with E-state index in [9.17, 15) is 4.79 Å². The van der Waals surface area contributed by atoms with Gasteiger partial charge in [0.2, 0.25) is 0 Å². The summed E-state index contributed by atoms with van der Waals surface area (Å²) < 4.78 is 21.9. The molecule has 0 aliphatic heterocycles. The second kappa shape index (κ2) is 12.1. The maximum absolute atomic E-state index is 13.0. The molecule has 0 N–H and O–H groups in total. The number of benzene rings is 2. The van der Waals surface area contributed by atoms with Gasteiger partial charge in [-0.15, -0.1) is 0 Å². The molecule has 0 aromatic heterocycles. The molecule has 2 rings (SSSR count). The van der Waals surface area contributed by atoms with E-state index in [1.165, 1.54) is 14.2 Å². The molecule has 1 unspecified atom stereocenters. The fourth-order valence-electron chi connectivity index (χ4n) is 2.69. The Morgan fingerprint density at radius 3 is 2.10 bits per heavy atom. The number of ether oxygens (including phenoxy) is 4. The first-order valence-electron chi connectivity index (χ1n) is 9.24. The normalized spacial score (nSPS) is 10.7. The average Bonchev–Trinajstić information content (AvgIpc) is 2.68. The van der Waals surface area contributed by atoms with E-state index in [0.29, 0.717) is 35.3 Å².